The first kappa shape index (κ1) is 19.5. The molecule has 0 atom stereocenters. The van der Waals surface area contributed by atoms with Crippen LogP contribution >= 0.6 is 11.6 Å². The SMILES string of the molecule is O=C(NC1CCN(Cc2cn(-c3ccc(Cl)cc3)nn2)CC1)c1ccc(F)cc1. The summed E-state index contributed by atoms with van der Waals surface area (Å²) in [6.45, 7) is 2.44. The van der Waals surface area contributed by atoms with Gasteiger partial charge in [-0.15, -0.1) is 5.10 Å². The molecule has 0 aliphatic carbocycles. The van der Waals surface area contributed by atoms with E-state index in [9.17, 15) is 9.18 Å². The molecule has 0 bridgehead atoms. The summed E-state index contributed by atoms with van der Waals surface area (Å²) in [6.07, 6.45) is 3.64. The van der Waals surface area contributed by atoms with Crippen molar-refractivity contribution in [3.8, 4) is 5.69 Å². The summed E-state index contributed by atoms with van der Waals surface area (Å²) < 4.78 is 14.7. The van der Waals surface area contributed by atoms with Gasteiger partial charge in [0.2, 0.25) is 0 Å². The van der Waals surface area contributed by atoms with Crippen LogP contribution in [0, 0.1) is 5.82 Å². The zero-order valence-electron chi connectivity index (χ0n) is 15.8. The Hall–Kier alpha value is -2.77. The number of nitrogens with zero attached hydrogens (tertiary/aromatic N) is 4. The molecule has 1 N–H and O–H groups in total. The predicted molar refractivity (Wildman–Crippen MR) is 109 cm³/mol. The summed E-state index contributed by atoms with van der Waals surface area (Å²) in [6, 6.07) is 13.2. The van der Waals surface area contributed by atoms with E-state index >= 15 is 0 Å². The van der Waals surface area contributed by atoms with Crippen LogP contribution in [0.1, 0.15) is 28.9 Å². The number of nitrogens with one attached hydrogen (secondary N) is 1. The Morgan fingerprint density at radius 1 is 1.10 bits per heavy atom. The molecule has 1 aliphatic heterocycles. The molecule has 6 nitrogen and oxygen atoms in total. The van der Waals surface area contributed by atoms with Gasteiger partial charge in [0.05, 0.1) is 17.6 Å². The first-order valence-electron chi connectivity index (χ1n) is 9.53. The van der Waals surface area contributed by atoms with Crippen molar-refractivity contribution in [2.24, 2.45) is 0 Å². The number of rotatable bonds is 5. The van der Waals surface area contributed by atoms with E-state index in [1.54, 1.807) is 4.68 Å². The van der Waals surface area contributed by atoms with Crippen LogP contribution in [-0.4, -0.2) is 44.9 Å². The van der Waals surface area contributed by atoms with E-state index in [0.29, 0.717) is 17.1 Å². The Morgan fingerprint density at radius 2 is 1.79 bits per heavy atom. The highest BCUT2D eigenvalue weighted by Crippen LogP contribution is 2.16. The van der Waals surface area contributed by atoms with E-state index < -0.39 is 0 Å². The van der Waals surface area contributed by atoms with E-state index in [2.05, 4.69) is 20.5 Å². The van der Waals surface area contributed by atoms with Crippen molar-refractivity contribution in [2.75, 3.05) is 13.1 Å². The molecule has 150 valence electrons. The van der Waals surface area contributed by atoms with Gasteiger partial charge < -0.3 is 5.32 Å². The standard InChI is InChI=1S/C21H21ClFN5O/c22-16-3-7-20(8-4-16)28-14-19(25-26-28)13-27-11-9-18(10-12-27)24-21(29)15-1-5-17(23)6-2-15/h1-8,14,18H,9-13H2,(H,24,29). The van der Waals surface area contributed by atoms with Crippen LogP contribution < -0.4 is 5.32 Å². The number of carbonyl (C=O) groups excluding carboxylic acids is 1. The molecular weight excluding hydrogens is 393 g/mol. The van der Waals surface area contributed by atoms with Gasteiger partial charge in [0.25, 0.3) is 5.91 Å². The summed E-state index contributed by atoms with van der Waals surface area (Å²) in [5.41, 5.74) is 2.29. The molecule has 29 heavy (non-hydrogen) atoms. The Bertz CT molecular complexity index is 965. The molecule has 0 spiro atoms. The highest BCUT2D eigenvalue weighted by atomic mass is 35.5. The normalized spacial score (nSPS) is 15.4. The molecule has 8 heteroatoms. The van der Waals surface area contributed by atoms with Gasteiger partial charge in [-0.1, -0.05) is 16.8 Å². The maximum Gasteiger partial charge on any atom is 0.251 e. The van der Waals surface area contributed by atoms with Crippen molar-refractivity contribution in [2.45, 2.75) is 25.4 Å². The highest BCUT2D eigenvalue weighted by molar-refractivity contribution is 6.30. The molecule has 1 amide bonds. The fourth-order valence-corrected chi connectivity index (χ4v) is 3.55. The molecule has 3 aromatic rings. The molecule has 2 aromatic carbocycles. The molecule has 2 heterocycles. The lowest BCUT2D eigenvalue weighted by Gasteiger charge is -2.31. The zero-order chi connectivity index (χ0) is 20.2. The van der Waals surface area contributed by atoms with Gasteiger partial charge in [-0.2, -0.15) is 0 Å². The summed E-state index contributed by atoms with van der Waals surface area (Å²) >= 11 is 5.92. The van der Waals surface area contributed by atoms with Crippen LogP contribution in [0.2, 0.25) is 5.02 Å². The monoisotopic (exact) mass is 413 g/mol. The molecule has 1 aliphatic rings. The second kappa shape index (κ2) is 8.71. The first-order valence-corrected chi connectivity index (χ1v) is 9.90. The van der Waals surface area contributed by atoms with Gasteiger partial charge >= 0.3 is 0 Å². The van der Waals surface area contributed by atoms with Crippen LogP contribution in [0.5, 0.6) is 0 Å². The van der Waals surface area contributed by atoms with Gasteiger partial charge in [-0.05, 0) is 61.4 Å². The second-order valence-corrected chi connectivity index (χ2v) is 7.60. The lowest BCUT2D eigenvalue weighted by molar-refractivity contribution is 0.0908. The minimum Gasteiger partial charge on any atom is -0.349 e. The van der Waals surface area contributed by atoms with Gasteiger partial charge in [0, 0.05) is 36.3 Å². The fraction of sp³-hybridized carbons (Fsp3) is 0.286. The van der Waals surface area contributed by atoms with Crippen LogP contribution in [0.25, 0.3) is 5.69 Å². The van der Waals surface area contributed by atoms with Crippen molar-refractivity contribution >= 4 is 17.5 Å². The number of likely N-dealkylation sites (tertiary alicyclic amines) is 1. The van der Waals surface area contributed by atoms with Crippen LogP contribution in [0.4, 0.5) is 4.39 Å². The van der Waals surface area contributed by atoms with Gasteiger partial charge in [0.1, 0.15) is 5.82 Å². The molecule has 1 fully saturated rings. The molecule has 0 radical (unpaired) electrons. The lowest BCUT2D eigenvalue weighted by atomic mass is 10.0. The van der Waals surface area contributed by atoms with Gasteiger partial charge in [-0.25, -0.2) is 9.07 Å². The number of amides is 1. The first-order chi connectivity index (χ1) is 14.1. The Labute approximate surface area is 173 Å². The minimum atomic E-state index is -0.345. The van der Waals surface area contributed by atoms with Crippen LogP contribution in [0.15, 0.2) is 54.7 Å². The molecule has 1 saturated heterocycles. The number of benzene rings is 2. The molecule has 4 rings (SSSR count). The molecule has 1 aromatic heterocycles. The Morgan fingerprint density at radius 3 is 2.48 bits per heavy atom. The van der Waals surface area contributed by atoms with E-state index in [0.717, 1.165) is 37.3 Å². The van der Waals surface area contributed by atoms with Crippen molar-refractivity contribution in [3.63, 3.8) is 0 Å². The minimum absolute atomic E-state index is 0.119. The maximum atomic E-state index is 13.0. The van der Waals surface area contributed by atoms with E-state index in [1.165, 1.54) is 24.3 Å². The second-order valence-electron chi connectivity index (χ2n) is 7.16. The fourth-order valence-electron chi connectivity index (χ4n) is 3.43. The van der Waals surface area contributed by atoms with Gasteiger partial charge in [0.15, 0.2) is 0 Å². The van der Waals surface area contributed by atoms with Crippen molar-refractivity contribution in [3.05, 3.63) is 76.8 Å². The largest absolute Gasteiger partial charge is 0.349 e. The smallest absolute Gasteiger partial charge is 0.251 e. The van der Waals surface area contributed by atoms with Gasteiger partial charge in [-0.3, -0.25) is 9.69 Å². The number of piperidine rings is 1. The summed E-state index contributed by atoms with van der Waals surface area (Å²) in [7, 11) is 0. The number of halogens is 2. The third kappa shape index (κ3) is 4.99. The zero-order valence-corrected chi connectivity index (χ0v) is 16.5. The Balaban J connectivity index is 1.27. The summed E-state index contributed by atoms with van der Waals surface area (Å²) in [5.74, 6) is -0.503. The average Bonchev–Trinajstić information content (AvgIpc) is 3.19. The third-order valence-electron chi connectivity index (χ3n) is 5.05. The van der Waals surface area contributed by atoms with Crippen LogP contribution in [0.3, 0.4) is 0 Å². The van der Waals surface area contributed by atoms with E-state index in [-0.39, 0.29) is 17.8 Å². The number of carbonyl (C=O) groups is 1. The molecular formula is C21H21ClFN5O. The lowest BCUT2D eigenvalue weighted by Crippen LogP contribution is -2.44. The number of aromatic nitrogens is 3. The van der Waals surface area contributed by atoms with Crippen LogP contribution in [-0.2, 0) is 6.54 Å². The number of hydrogen-bond acceptors (Lipinski definition) is 4. The van der Waals surface area contributed by atoms with Crippen molar-refractivity contribution < 1.29 is 9.18 Å². The summed E-state index contributed by atoms with van der Waals surface area (Å²) in [5, 5.41) is 12.2. The predicted octanol–water partition coefficient (Wildman–Crippen LogP) is 3.45. The van der Waals surface area contributed by atoms with E-state index in [4.69, 9.17) is 11.6 Å². The molecule has 0 unspecified atom stereocenters. The molecule has 0 saturated carbocycles. The quantitative estimate of drug-likeness (QED) is 0.695. The third-order valence-corrected chi connectivity index (χ3v) is 5.30. The summed E-state index contributed by atoms with van der Waals surface area (Å²) in [4.78, 5) is 14.6. The van der Waals surface area contributed by atoms with Crippen molar-refractivity contribution in [1.29, 1.82) is 0 Å². The maximum absolute atomic E-state index is 13.0. The number of hydrogen-bond donors (Lipinski definition) is 1. The van der Waals surface area contributed by atoms with Crippen molar-refractivity contribution in [1.82, 2.24) is 25.2 Å². The Kier molecular flexibility index (Phi) is 5.87. The topological polar surface area (TPSA) is 63.1 Å². The average molecular weight is 414 g/mol. The highest BCUT2D eigenvalue weighted by Gasteiger charge is 2.22. The van der Waals surface area contributed by atoms with E-state index in [1.807, 2.05) is 30.5 Å².